The summed E-state index contributed by atoms with van der Waals surface area (Å²) in [6.07, 6.45) is -3.19. The zero-order valence-corrected chi connectivity index (χ0v) is 10.6. The molecule has 5 nitrogen and oxygen atoms in total. The number of nitrogens with zero attached hydrogens (tertiary/aromatic N) is 2. The van der Waals surface area contributed by atoms with Gasteiger partial charge in [-0.3, -0.25) is 0 Å². The Labute approximate surface area is 104 Å². The molecule has 0 atom stereocenters. The summed E-state index contributed by atoms with van der Waals surface area (Å²) in [5.41, 5.74) is 0. The fourth-order valence-electron chi connectivity index (χ4n) is 2.42. The van der Waals surface area contributed by atoms with Crippen molar-refractivity contribution >= 4 is 10.2 Å². The van der Waals surface area contributed by atoms with Crippen molar-refractivity contribution < 1.29 is 21.6 Å². The lowest BCUT2D eigenvalue weighted by atomic mass is 10.1. The van der Waals surface area contributed by atoms with Gasteiger partial charge in [-0.1, -0.05) is 0 Å². The molecule has 0 amide bonds. The van der Waals surface area contributed by atoms with Crippen molar-refractivity contribution in [3.05, 3.63) is 0 Å². The number of rotatable bonds is 2. The molecule has 9 heteroatoms. The average molecular weight is 287 g/mol. The Hall–Kier alpha value is -0.380. The summed E-state index contributed by atoms with van der Waals surface area (Å²) in [6.45, 7) is 0.0948. The van der Waals surface area contributed by atoms with Gasteiger partial charge < -0.3 is 5.32 Å². The monoisotopic (exact) mass is 287 g/mol. The highest BCUT2D eigenvalue weighted by Gasteiger charge is 2.45. The molecule has 2 fully saturated rings. The van der Waals surface area contributed by atoms with Crippen LogP contribution in [0, 0.1) is 0 Å². The van der Waals surface area contributed by atoms with Crippen LogP contribution in [0.1, 0.15) is 12.8 Å². The molecule has 0 aliphatic carbocycles. The van der Waals surface area contributed by atoms with Crippen molar-refractivity contribution in [2.75, 3.05) is 32.7 Å². The van der Waals surface area contributed by atoms with Crippen molar-refractivity contribution in [3.63, 3.8) is 0 Å². The van der Waals surface area contributed by atoms with Crippen LogP contribution in [0.5, 0.6) is 0 Å². The summed E-state index contributed by atoms with van der Waals surface area (Å²) >= 11 is 0. The maximum atomic E-state index is 12.3. The predicted molar refractivity (Wildman–Crippen MR) is 59.1 cm³/mol. The van der Waals surface area contributed by atoms with E-state index in [2.05, 4.69) is 5.32 Å². The molecule has 0 aromatic heterocycles. The molecule has 1 N–H and O–H groups in total. The Morgan fingerprint density at radius 3 is 2.33 bits per heavy atom. The minimum atomic E-state index is -4.49. The maximum absolute atomic E-state index is 12.3. The first-order chi connectivity index (χ1) is 8.31. The third-order valence-corrected chi connectivity index (χ3v) is 5.30. The first-order valence-corrected chi connectivity index (χ1v) is 7.25. The van der Waals surface area contributed by atoms with Crippen LogP contribution in [0.15, 0.2) is 0 Å². The van der Waals surface area contributed by atoms with E-state index in [1.807, 2.05) is 0 Å². The Kier molecular flexibility index (Phi) is 3.86. The third kappa shape index (κ3) is 2.95. The minimum absolute atomic E-state index is 0.0776. The van der Waals surface area contributed by atoms with Gasteiger partial charge in [0.15, 0.2) is 0 Å². The molecule has 2 aliphatic rings. The van der Waals surface area contributed by atoms with Crippen LogP contribution in [0.2, 0.25) is 0 Å². The molecule has 2 saturated heterocycles. The minimum Gasteiger partial charge on any atom is -0.317 e. The molecule has 2 rings (SSSR count). The van der Waals surface area contributed by atoms with Crippen LogP contribution >= 0.6 is 0 Å². The van der Waals surface area contributed by atoms with Crippen LogP contribution in [0.4, 0.5) is 13.2 Å². The number of hydrogen-bond donors (Lipinski definition) is 1. The molecular weight excluding hydrogens is 271 g/mol. The molecule has 2 aliphatic heterocycles. The van der Waals surface area contributed by atoms with Crippen molar-refractivity contribution in [1.82, 2.24) is 13.9 Å². The summed E-state index contributed by atoms with van der Waals surface area (Å²) in [6, 6.07) is -0.172. The molecule has 0 unspecified atom stereocenters. The molecule has 0 aromatic carbocycles. The first kappa shape index (κ1) is 14.0. The molecule has 2 heterocycles. The van der Waals surface area contributed by atoms with Gasteiger partial charge in [-0.2, -0.15) is 30.2 Å². The van der Waals surface area contributed by atoms with E-state index in [0.717, 1.165) is 0 Å². The van der Waals surface area contributed by atoms with E-state index in [1.54, 1.807) is 0 Å². The summed E-state index contributed by atoms with van der Waals surface area (Å²) in [5, 5.41) is 3.10. The second-order valence-corrected chi connectivity index (χ2v) is 6.43. The van der Waals surface area contributed by atoms with Gasteiger partial charge in [0.1, 0.15) is 6.54 Å². The second-order valence-electron chi connectivity index (χ2n) is 4.55. The van der Waals surface area contributed by atoms with Gasteiger partial charge in [-0.05, 0) is 25.9 Å². The SMILES string of the molecule is O=S1(=O)N(CC(F)(F)F)CCN1C1CCNCC1. The van der Waals surface area contributed by atoms with Crippen LogP contribution in [0.3, 0.4) is 0 Å². The fraction of sp³-hybridized carbons (Fsp3) is 1.00. The zero-order valence-electron chi connectivity index (χ0n) is 9.78. The smallest absolute Gasteiger partial charge is 0.317 e. The predicted octanol–water partition coefficient (Wildman–Crippen LogP) is 0.163. The number of nitrogens with one attached hydrogen (secondary N) is 1. The quantitative estimate of drug-likeness (QED) is 0.787. The van der Waals surface area contributed by atoms with Crippen LogP contribution in [-0.4, -0.2) is 62.0 Å². The zero-order chi connectivity index (χ0) is 13.4. The largest absolute Gasteiger partial charge is 0.402 e. The second kappa shape index (κ2) is 4.95. The Bertz CT molecular complexity index is 392. The van der Waals surface area contributed by atoms with Crippen molar-refractivity contribution in [2.45, 2.75) is 25.1 Å². The van der Waals surface area contributed by atoms with E-state index in [0.29, 0.717) is 30.2 Å². The van der Waals surface area contributed by atoms with Crippen molar-refractivity contribution in [1.29, 1.82) is 0 Å². The van der Waals surface area contributed by atoms with E-state index in [4.69, 9.17) is 0 Å². The van der Waals surface area contributed by atoms with Gasteiger partial charge in [-0.25, -0.2) is 0 Å². The topological polar surface area (TPSA) is 52.7 Å². The van der Waals surface area contributed by atoms with Gasteiger partial charge in [-0.15, -0.1) is 0 Å². The third-order valence-electron chi connectivity index (χ3n) is 3.26. The lowest BCUT2D eigenvalue weighted by molar-refractivity contribution is -0.135. The lowest BCUT2D eigenvalue weighted by Gasteiger charge is -2.30. The Morgan fingerprint density at radius 1 is 1.17 bits per heavy atom. The standard InChI is InChI=1S/C9H16F3N3O2S/c10-9(11,12)7-14-5-6-15(18(14,16)17)8-1-3-13-4-2-8/h8,13H,1-7H2. The molecular formula is C9H16F3N3O2S. The van der Waals surface area contributed by atoms with Crippen molar-refractivity contribution in [3.8, 4) is 0 Å². The van der Waals surface area contributed by atoms with Crippen molar-refractivity contribution in [2.24, 2.45) is 0 Å². The summed E-state index contributed by atoms with van der Waals surface area (Å²) in [7, 11) is -3.94. The molecule has 0 bridgehead atoms. The van der Waals surface area contributed by atoms with E-state index < -0.39 is 22.9 Å². The molecule has 0 saturated carbocycles. The van der Waals surface area contributed by atoms with Crippen LogP contribution in [0.25, 0.3) is 0 Å². The van der Waals surface area contributed by atoms with Crippen LogP contribution in [-0.2, 0) is 10.2 Å². The summed E-state index contributed by atoms with van der Waals surface area (Å²) in [5.74, 6) is 0. The number of alkyl halides is 3. The van der Waals surface area contributed by atoms with Gasteiger partial charge in [0, 0.05) is 19.1 Å². The number of hydrogen-bond acceptors (Lipinski definition) is 3. The highest BCUT2D eigenvalue weighted by molar-refractivity contribution is 7.87. The van der Waals surface area contributed by atoms with Gasteiger partial charge in [0.05, 0.1) is 0 Å². The van der Waals surface area contributed by atoms with Crippen LogP contribution < -0.4 is 5.32 Å². The van der Waals surface area contributed by atoms with E-state index in [1.165, 1.54) is 4.31 Å². The number of piperidine rings is 1. The fourth-order valence-corrected chi connectivity index (χ4v) is 4.23. The summed E-state index contributed by atoms with van der Waals surface area (Å²) < 4.78 is 62.6. The molecule has 0 aromatic rings. The molecule has 18 heavy (non-hydrogen) atoms. The maximum Gasteiger partial charge on any atom is 0.402 e. The van der Waals surface area contributed by atoms with Gasteiger partial charge >= 0.3 is 6.18 Å². The normalized spacial score (nSPS) is 27.7. The van der Waals surface area contributed by atoms with E-state index in [-0.39, 0.29) is 19.1 Å². The lowest BCUT2D eigenvalue weighted by Crippen LogP contribution is -2.46. The summed E-state index contributed by atoms with van der Waals surface area (Å²) in [4.78, 5) is 0. The first-order valence-electron chi connectivity index (χ1n) is 5.85. The Morgan fingerprint density at radius 2 is 1.78 bits per heavy atom. The Balaban J connectivity index is 2.07. The van der Waals surface area contributed by atoms with E-state index >= 15 is 0 Å². The van der Waals surface area contributed by atoms with Gasteiger partial charge in [0.2, 0.25) is 0 Å². The van der Waals surface area contributed by atoms with E-state index in [9.17, 15) is 21.6 Å². The highest BCUT2D eigenvalue weighted by Crippen LogP contribution is 2.27. The highest BCUT2D eigenvalue weighted by atomic mass is 32.2. The molecule has 0 radical (unpaired) electrons. The molecule has 0 spiro atoms. The number of halogens is 3. The molecule has 106 valence electrons. The average Bonchev–Trinajstić information content (AvgIpc) is 2.54. The van der Waals surface area contributed by atoms with Gasteiger partial charge in [0.25, 0.3) is 10.2 Å².